The Morgan fingerprint density at radius 1 is 0.421 bits per heavy atom. The maximum atomic E-state index is 6.22. The highest BCUT2D eigenvalue weighted by atomic mass is 35.5. The first kappa shape index (κ1) is 25.3. The number of hydrogen-bond acceptors (Lipinski definition) is 4. The predicted octanol–water partition coefficient (Wildman–Crippen LogP) is 8.72. The third kappa shape index (κ3) is 6.30. The zero-order valence-corrected chi connectivity index (χ0v) is 21.9. The zero-order chi connectivity index (χ0) is 26.2. The van der Waals surface area contributed by atoms with Gasteiger partial charge < -0.3 is 0 Å². The van der Waals surface area contributed by atoms with Crippen LogP contribution in [0, 0.1) is 0 Å². The Bertz CT molecular complexity index is 1430. The van der Waals surface area contributed by atoms with Gasteiger partial charge in [-0.05, 0) is 48.5 Å². The van der Waals surface area contributed by atoms with Gasteiger partial charge >= 0.3 is 0 Å². The number of hydrazone groups is 2. The van der Waals surface area contributed by atoms with Crippen molar-refractivity contribution in [3.8, 4) is 0 Å². The topological polar surface area (TPSA) is 48.8 Å². The number of nitrogens with one attached hydrogen (secondary N) is 2. The van der Waals surface area contributed by atoms with E-state index in [4.69, 9.17) is 33.4 Å². The van der Waals surface area contributed by atoms with Gasteiger partial charge in [0.05, 0.1) is 22.8 Å². The van der Waals surface area contributed by atoms with Gasteiger partial charge in [-0.1, -0.05) is 108 Å². The average molecular weight is 535 g/mol. The smallest absolute Gasteiger partial charge is 0.0984 e. The van der Waals surface area contributed by atoms with Crippen LogP contribution in [-0.4, -0.2) is 11.4 Å². The maximum Gasteiger partial charge on any atom is 0.0984 e. The molecule has 6 heteroatoms. The Labute approximate surface area is 232 Å². The van der Waals surface area contributed by atoms with Gasteiger partial charge in [-0.15, -0.1) is 0 Å². The molecule has 0 aliphatic carbocycles. The number of rotatable bonds is 8. The molecule has 5 aromatic rings. The molecule has 4 nitrogen and oxygen atoms in total. The van der Waals surface area contributed by atoms with Crippen molar-refractivity contribution in [3.05, 3.63) is 166 Å². The van der Waals surface area contributed by atoms with Crippen molar-refractivity contribution in [3.63, 3.8) is 0 Å². The van der Waals surface area contributed by atoms with Crippen LogP contribution in [0.15, 0.2) is 144 Å². The molecule has 0 fully saturated rings. The Hall–Kier alpha value is -4.38. The van der Waals surface area contributed by atoms with Gasteiger partial charge in [-0.3, -0.25) is 10.9 Å². The predicted molar refractivity (Wildman–Crippen MR) is 161 cm³/mol. The third-order valence-electron chi connectivity index (χ3n) is 5.81. The standard InChI is InChI=1S/C32H24Cl2N4/c33-25-19-15-23(16-20-25)31(37-35-27-9-3-1-4-10-27)29-13-7-8-14-30(29)32(24-17-21-26(34)22-18-24)38-36-28-11-5-2-6-12-28/h1-22,35-36H/b37-31+,38-32?. The van der Waals surface area contributed by atoms with Crippen molar-refractivity contribution < 1.29 is 0 Å². The molecule has 0 spiro atoms. The SMILES string of the molecule is Clc1ccc(C(=NNc2ccccc2)c2ccccc2/C(=N/Nc2ccccc2)c2ccc(Cl)cc2)cc1. The quantitative estimate of drug-likeness (QED) is 0.154. The summed E-state index contributed by atoms with van der Waals surface area (Å²) in [7, 11) is 0. The molecule has 0 aliphatic rings. The number of benzene rings is 5. The van der Waals surface area contributed by atoms with Crippen LogP contribution in [0.5, 0.6) is 0 Å². The Morgan fingerprint density at radius 2 is 0.763 bits per heavy atom. The first-order chi connectivity index (χ1) is 18.7. The van der Waals surface area contributed by atoms with Crippen molar-refractivity contribution in [2.45, 2.75) is 0 Å². The molecule has 0 aromatic heterocycles. The van der Waals surface area contributed by atoms with Crippen LogP contribution < -0.4 is 10.9 Å². The van der Waals surface area contributed by atoms with E-state index in [1.807, 2.05) is 133 Å². The summed E-state index contributed by atoms with van der Waals surface area (Å²) in [5.41, 5.74) is 13.3. The molecule has 38 heavy (non-hydrogen) atoms. The molecular weight excluding hydrogens is 511 g/mol. The van der Waals surface area contributed by atoms with E-state index in [1.165, 1.54) is 0 Å². The molecule has 0 bridgehead atoms. The molecule has 0 heterocycles. The minimum absolute atomic E-state index is 0.660. The van der Waals surface area contributed by atoms with E-state index in [0.29, 0.717) is 10.0 Å². The van der Waals surface area contributed by atoms with E-state index in [-0.39, 0.29) is 0 Å². The molecule has 0 aliphatic heterocycles. The fraction of sp³-hybridized carbons (Fsp3) is 0. The molecule has 0 amide bonds. The Kier molecular flexibility index (Phi) is 8.14. The molecule has 0 saturated heterocycles. The van der Waals surface area contributed by atoms with Crippen molar-refractivity contribution in [2.75, 3.05) is 10.9 Å². The van der Waals surface area contributed by atoms with Crippen LogP contribution in [0.2, 0.25) is 10.0 Å². The van der Waals surface area contributed by atoms with Crippen molar-refractivity contribution >= 4 is 46.0 Å². The molecule has 5 aromatic carbocycles. The van der Waals surface area contributed by atoms with E-state index >= 15 is 0 Å². The van der Waals surface area contributed by atoms with Crippen LogP contribution in [0.3, 0.4) is 0 Å². The van der Waals surface area contributed by atoms with Gasteiger partial charge in [-0.2, -0.15) is 10.2 Å². The second kappa shape index (κ2) is 12.2. The summed E-state index contributed by atoms with van der Waals surface area (Å²) in [6.07, 6.45) is 0. The van der Waals surface area contributed by atoms with Gasteiger partial charge in [0.25, 0.3) is 0 Å². The summed E-state index contributed by atoms with van der Waals surface area (Å²) in [4.78, 5) is 0. The average Bonchev–Trinajstić information content (AvgIpc) is 2.97. The van der Waals surface area contributed by atoms with Gasteiger partial charge in [0, 0.05) is 32.3 Å². The number of hydrogen-bond donors (Lipinski definition) is 2. The summed E-state index contributed by atoms with van der Waals surface area (Å²) in [5, 5.41) is 11.0. The minimum Gasteiger partial charge on any atom is -0.278 e. The van der Waals surface area contributed by atoms with Gasteiger partial charge in [0.15, 0.2) is 0 Å². The molecule has 5 rings (SSSR count). The van der Waals surface area contributed by atoms with E-state index < -0.39 is 0 Å². The van der Waals surface area contributed by atoms with Crippen molar-refractivity contribution in [1.29, 1.82) is 0 Å². The second-order valence-electron chi connectivity index (χ2n) is 8.44. The number of anilines is 2. The highest BCUT2D eigenvalue weighted by molar-refractivity contribution is 6.31. The maximum absolute atomic E-state index is 6.22. The normalized spacial score (nSPS) is 11.7. The number of para-hydroxylation sites is 2. The van der Waals surface area contributed by atoms with Crippen molar-refractivity contribution in [2.24, 2.45) is 10.2 Å². The first-order valence-corrected chi connectivity index (χ1v) is 12.8. The van der Waals surface area contributed by atoms with Crippen LogP contribution in [0.25, 0.3) is 0 Å². The van der Waals surface area contributed by atoms with Crippen LogP contribution in [0.4, 0.5) is 11.4 Å². The fourth-order valence-corrected chi connectivity index (χ4v) is 4.19. The highest BCUT2D eigenvalue weighted by Gasteiger charge is 2.18. The summed E-state index contributed by atoms with van der Waals surface area (Å²) in [5.74, 6) is 0. The summed E-state index contributed by atoms with van der Waals surface area (Å²) >= 11 is 12.4. The van der Waals surface area contributed by atoms with Crippen LogP contribution >= 0.6 is 23.2 Å². The van der Waals surface area contributed by atoms with E-state index in [9.17, 15) is 0 Å². The van der Waals surface area contributed by atoms with E-state index in [1.54, 1.807) is 0 Å². The fourth-order valence-electron chi connectivity index (χ4n) is 3.94. The molecule has 0 atom stereocenters. The lowest BCUT2D eigenvalue weighted by Gasteiger charge is -2.16. The Morgan fingerprint density at radius 3 is 1.13 bits per heavy atom. The summed E-state index contributed by atoms with van der Waals surface area (Å²) in [6.45, 7) is 0. The number of nitrogens with zero attached hydrogens (tertiary/aromatic N) is 2. The second-order valence-corrected chi connectivity index (χ2v) is 9.31. The Balaban J connectivity index is 1.65. The summed E-state index contributed by atoms with van der Waals surface area (Å²) in [6, 6.07) is 43.1. The van der Waals surface area contributed by atoms with Crippen LogP contribution in [-0.2, 0) is 0 Å². The van der Waals surface area contributed by atoms with Gasteiger partial charge in [0.2, 0.25) is 0 Å². The van der Waals surface area contributed by atoms with E-state index in [2.05, 4.69) is 10.9 Å². The molecule has 0 radical (unpaired) electrons. The molecule has 0 unspecified atom stereocenters. The molecule has 0 saturated carbocycles. The lowest BCUT2D eigenvalue weighted by Crippen LogP contribution is -2.15. The number of halogens is 2. The summed E-state index contributed by atoms with van der Waals surface area (Å²) < 4.78 is 0. The van der Waals surface area contributed by atoms with E-state index in [0.717, 1.165) is 45.1 Å². The lowest BCUT2D eigenvalue weighted by atomic mass is 9.92. The van der Waals surface area contributed by atoms with Gasteiger partial charge in [0.1, 0.15) is 0 Å². The minimum atomic E-state index is 0.660. The third-order valence-corrected chi connectivity index (χ3v) is 6.32. The lowest BCUT2D eigenvalue weighted by molar-refractivity contribution is 1.31. The zero-order valence-electron chi connectivity index (χ0n) is 20.4. The molecule has 2 N–H and O–H groups in total. The first-order valence-electron chi connectivity index (χ1n) is 12.1. The highest BCUT2D eigenvalue weighted by Crippen LogP contribution is 2.23. The monoisotopic (exact) mass is 534 g/mol. The molecule has 186 valence electrons. The van der Waals surface area contributed by atoms with Crippen LogP contribution in [0.1, 0.15) is 22.3 Å². The molecular formula is C32H24Cl2N4. The van der Waals surface area contributed by atoms with Gasteiger partial charge in [-0.25, -0.2) is 0 Å². The van der Waals surface area contributed by atoms with Crippen molar-refractivity contribution in [1.82, 2.24) is 0 Å². The largest absolute Gasteiger partial charge is 0.278 e.